The number of hydrogen-bond acceptors (Lipinski definition) is 5. The SMILES string of the molecule is COc1cccc([C@H]2C[C@H](O)CN2Cc2ccc(OC)cc2OC)c1. The van der Waals surface area contributed by atoms with E-state index < -0.39 is 0 Å². The fourth-order valence-electron chi connectivity index (χ4n) is 3.45. The first-order chi connectivity index (χ1) is 12.1. The molecular formula is C20H25NO4. The fraction of sp³-hybridized carbons (Fsp3) is 0.400. The van der Waals surface area contributed by atoms with Crippen molar-refractivity contribution in [2.75, 3.05) is 27.9 Å². The Balaban J connectivity index is 1.85. The topological polar surface area (TPSA) is 51.2 Å². The Kier molecular flexibility index (Phi) is 5.46. The molecule has 0 spiro atoms. The van der Waals surface area contributed by atoms with Crippen LogP contribution in [0.2, 0.25) is 0 Å². The highest BCUT2D eigenvalue weighted by Crippen LogP contribution is 2.36. The van der Waals surface area contributed by atoms with Crippen LogP contribution in [0.15, 0.2) is 42.5 Å². The molecule has 0 amide bonds. The average Bonchev–Trinajstić information content (AvgIpc) is 3.02. The summed E-state index contributed by atoms with van der Waals surface area (Å²) in [5.41, 5.74) is 2.23. The summed E-state index contributed by atoms with van der Waals surface area (Å²) in [5.74, 6) is 2.40. The number of β-amino-alcohol motifs (C(OH)–C–C–N with tert-alkyl or cyclic N) is 1. The number of hydrogen-bond donors (Lipinski definition) is 1. The summed E-state index contributed by atoms with van der Waals surface area (Å²) in [6.07, 6.45) is 0.381. The van der Waals surface area contributed by atoms with E-state index in [0.717, 1.165) is 28.4 Å². The second-order valence-electron chi connectivity index (χ2n) is 6.29. The number of rotatable bonds is 6. The van der Waals surface area contributed by atoms with Gasteiger partial charge >= 0.3 is 0 Å². The first-order valence-electron chi connectivity index (χ1n) is 8.41. The first kappa shape index (κ1) is 17.6. The Morgan fingerprint density at radius 2 is 1.76 bits per heavy atom. The smallest absolute Gasteiger partial charge is 0.127 e. The molecule has 1 heterocycles. The van der Waals surface area contributed by atoms with E-state index in [9.17, 15) is 5.11 Å². The summed E-state index contributed by atoms with van der Waals surface area (Å²) >= 11 is 0. The molecule has 2 aromatic rings. The predicted molar refractivity (Wildman–Crippen MR) is 96.3 cm³/mol. The lowest BCUT2D eigenvalue weighted by Crippen LogP contribution is -2.24. The molecule has 1 aliphatic rings. The van der Waals surface area contributed by atoms with Gasteiger partial charge in [0.1, 0.15) is 17.2 Å². The van der Waals surface area contributed by atoms with Crippen LogP contribution in [0.25, 0.3) is 0 Å². The molecule has 0 unspecified atom stereocenters. The van der Waals surface area contributed by atoms with Crippen LogP contribution in [0.3, 0.4) is 0 Å². The minimum absolute atomic E-state index is 0.150. The molecule has 1 aliphatic heterocycles. The summed E-state index contributed by atoms with van der Waals surface area (Å²) in [4.78, 5) is 2.28. The van der Waals surface area contributed by atoms with E-state index in [4.69, 9.17) is 14.2 Å². The van der Waals surface area contributed by atoms with E-state index >= 15 is 0 Å². The maximum Gasteiger partial charge on any atom is 0.127 e. The lowest BCUT2D eigenvalue weighted by Gasteiger charge is -2.25. The monoisotopic (exact) mass is 343 g/mol. The Bertz CT molecular complexity index is 719. The first-order valence-corrected chi connectivity index (χ1v) is 8.41. The van der Waals surface area contributed by atoms with Gasteiger partial charge in [0, 0.05) is 30.8 Å². The summed E-state index contributed by atoms with van der Waals surface area (Å²) in [5, 5.41) is 10.2. The quantitative estimate of drug-likeness (QED) is 0.874. The molecule has 0 aliphatic carbocycles. The van der Waals surface area contributed by atoms with Gasteiger partial charge in [-0.1, -0.05) is 18.2 Å². The fourth-order valence-corrected chi connectivity index (χ4v) is 3.45. The lowest BCUT2D eigenvalue weighted by atomic mass is 10.0. The van der Waals surface area contributed by atoms with Crippen molar-refractivity contribution in [1.29, 1.82) is 0 Å². The Hall–Kier alpha value is -2.24. The predicted octanol–water partition coefficient (Wildman–Crippen LogP) is 3.02. The maximum atomic E-state index is 10.2. The summed E-state index contributed by atoms with van der Waals surface area (Å²) in [6.45, 7) is 1.34. The highest BCUT2D eigenvalue weighted by molar-refractivity contribution is 5.41. The van der Waals surface area contributed by atoms with E-state index in [1.165, 1.54) is 0 Å². The molecule has 5 nitrogen and oxygen atoms in total. The molecular weight excluding hydrogens is 318 g/mol. The van der Waals surface area contributed by atoms with E-state index in [1.807, 2.05) is 36.4 Å². The zero-order valence-electron chi connectivity index (χ0n) is 14.9. The van der Waals surface area contributed by atoms with Crippen molar-refractivity contribution >= 4 is 0 Å². The van der Waals surface area contributed by atoms with Gasteiger partial charge in [-0.05, 0) is 30.2 Å². The van der Waals surface area contributed by atoms with Gasteiger partial charge in [-0.3, -0.25) is 4.90 Å². The molecule has 3 rings (SSSR count). The van der Waals surface area contributed by atoms with Crippen molar-refractivity contribution in [3.63, 3.8) is 0 Å². The zero-order valence-corrected chi connectivity index (χ0v) is 14.9. The average molecular weight is 343 g/mol. The molecule has 0 aromatic heterocycles. The van der Waals surface area contributed by atoms with Crippen molar-refractivity contribution in [3.05, 3.63) is 53.6 Å². The summed E-state index contributed by atoms with van der Waals surface area (Å²) < 4.78 is 16.1. The van der Waals surface area contributed by atoms with Crippen LogP contribution in [0.5, 0.6) is 17.2 Å². The molecule has 5 heteroatoms. The van der Waals surface area contributed by atoms with Crippen molar-refractivity contribution in [3.8, 4) is 17.2 Å². The molecule has 134 valence electrons. The highest BCUT2D eigenvalue weighted by Gasteiger charge is 2.32. The molecule has 2 atom stereocenters. The van der Waals surface area contributed by atoms with Gasteiger partial charge in [0.05, 0.1) is 27.4 Å². The van der Waals surface area contributed by atoms with Gasteiger partial charge < -0.3 is 19.3 Å². The molecule has 1 fully saturated rings. The Morgan fingerprint density at radius 1 is 1.00 bits per heavy atom. The molecule has 0 bridgehead atoms. The Labute approximate surface area is 148 Å². The van der Waals surface area contributed by atoms with Gasteiger partial charge in [0.15, 0.2) is 0 Å². The van der Waals surface area contributed by atoms with Gasteiger partial charge in [-0.2, -0.15) is 0 Å². The number of likely N-dealkylation sites (tertiary alicyclic amines) is 1. The second kappa shape index (κ2) is 7.76. The Morgan fingerprint density at radius 3 is 2.48 bits per heavy atom. The number of methoxy groups -OCH3 is 3. The van der Waals surface area contributed by atoms with Crippen LogP contribution in [-0.4, -0.2) is 44.0 Å². The van der Waals surface area contributed by atoms with Crippen molar-refractivity contribution in [1.82, 2.24) is 4.90 Å². The molecule has 1 N–H and O–H groups in total. The zero-order chi connectivity index (χ0) is 17.8. The van der Waals surface area contributed by atoms with Crippen molar-refractivity contribution in [2.24, 2.45) is 0 Å². The van der Waals surface area contributed by atoms with Gasteiger partial charge in [-0.15, -0.1) is 0 Å². The van der Waals surface area contributed by atoms with Crippen molar-refractivity contribution in [2.45, 2.75) is 25.1 Å². The van der Waals surface area contributed by atoms with Crippen LogP contribution >= 0.6 is 0 Å². The minimum Gasteiger partial charge on any atom is -0.497 e. The summed E-state index contributed by atoms with van der Waals surface area (Å²) in [6, 6.07) is 14.1. The van der Waals surface area contributed by atoms with Crippen LogP contribution in [0, 0.1) is 0 Å². The van der Waals surface area contributed by atoms with E-state index in [1.54, 1.807) is 21.3 Å². The third-order valence-corrected chi connectivity index (χ3v) is 4.73. The van der Waals surface area contributed by atoms with Crippen LogP contribution in [0.1, 0.15) is 23.6 Å². The second-order valence-corrected chi connectivity index (χ2v) is 6.29. The van der Waals surface area contributed by atoms with E-state index in [2.05, 4.69) is 11.0 Å². The largest absolute Gasteiger partial charge is 0.497 e. The van der Waals surface area contributed by atoms with Gasteiger partial charge in [-0.25, -0.2) is 0 Å². The minimum atomic E-state index is -0.333. The molecule has 2 aromatic carbocycles. The highest BCUT2D eigenvalue weighted by atomic mass is 16.5. The summed E-state index contributed by atoms with van der Waals surface area (Å²) in [7, 11) is 4.98. The molecule has 0 saturated carbocycles. The van der Waals surface area contributed by atoms with Crippen molar-refractivity contribution < 1.29 is 19.3 Å². The maximum absolute atomic E-state index is 10.2. The third kappa shape index (κ3) is 3.89. The molecule has 25 heavy (non-hydrogen) atoms. The van der Waals surface area contributed by atoms with Crippen LogP contribution in [-0.2, 0) is 6.54 Å². The number of ether oxygens (including phenoxy) is 3. The number of aliphatic hydroxyl groups excluding tert-OH is 1. The van der Waals surface area contributed by atoms with Crippen LogP contribution in [0.4, 0.5) is 0 Å². The van der Waals surface area contributed by atoms with E-state index in [0.29, 0.717) is 19.5 Å². The standard InChI is InChI=1S/C20H25NO4/c1-23-17-6-4-5-14(9-17)19-10-16(22)13-21(19)12-15-7-8-18(24-2)11-20(15)25-3/h4-9,11,16,19,22H,10,12-13H2,1-3H3/t16-,19+/m0/s1. The molecule has 0 radical (unpaired) electrons. The number of benzene rings is 2. The van der Waals surface area contributed by atoms with E-state index in [-0.39, 0.29) is 12.1 Å². The van der Waals surface area contributed by atoms with Gasteiger partial charge in [0.25, 0.3) is 0 Å². The van der Waals surface area contributed by atoms with Gasteiger partial charge in [0.2, 0.25) is 0 Å². The number of aliphatic hydroxyl groups is 1. The molecule has 1 saturated heterocycles. The normalized spacial score (nSPS) is 20.5. The third-order valence-electron chi connectivity index (χ3n) is 4.73. The van der Waals surface area contributed by atoms with Crippen LogP contribution < -0.4 is 14.2 Å². The lowest BCUT2D eigenvalue weighted by molar-refractivity contribution is 0.172. The number of nitrogens with zero attached hydrogens (tertiary/aromatic N) is 1.